The molecule has 1 aromatic heterocycles. The van der Waals surface area contributed by atoms with Crippen LogP contribution in [0.2, 0.25) is 0 Å². The molecule has 1 aliphatic rings. The van der Waals surface area contributed by atoms with E-state index in [-0.39, 0.29) is 23.1 Å². The van der Waals surface area contributed by atoms with E-state index in [4.69, 9.17) is 0 Å². The molecular formula is C17H28N4O3. The minimum absolute atomic E-state index is 0.0716. The maximum atomic E-state index is 12.3. The van der Waals surface area contributed by atoms with E-state index in [1.807, 2.05) is 11.8 Å². The van der Waals surface area contributed by atoms with E-state index in [0.717, 1.165) is 36.8 Å². The third kappa shape index (κ3) is 3.88. The first-order valence-electron chi connectivity index (χ1n) is 8.83. The maximum Gasteiger partial charge on any atom is 0.332 e. The summed E-state index contributed by atoms with van der Waals surface area (Å²) >= 11 is 0. The molecular weight excluding hydrogens is 308 g/mol. The van der Waals surface area contributed by atoms with Crippen molar-refractivity contribution in [1.82, 2.24) is 14.5 Å². The zero-order valence-electron chi connectivity index (χ0n) is 14.9. The minimum atomic E-state index is -0.311. The van der Waals surface area contributed by atoms with E-state index in [1.54, 1.807) is 4.57 Å². The number of nitrogens with one attached hydrogen (secondary N) is 1. The molecule has 134 valence electrons. The van der Waals surface area contributed by atoms with Crippen molar-refractivity contribution in [3.8, 4) is 0 Å². The minimum Gasteiger partial charge on any atom is -0.357 e. The highest BCUT2D eigenvalue weighted by Gasteiger charge is 2.27. The highest BCUT2D eigenvalue weighted by molar-refractivity contribution is 5.79. The summed E-state index contributed by atoms with van der Waals surface area (Å²) in [5.74, 6) is 0.596. The summed E-state index contributed by atoms with van der Waals surface area (Å²) in [5, 5.41) is 2.99. The molecule has 1 amide bonds. The van der Waals surface area contributed by atoms with Gasteiger partial charge in [-0.1, -0.05) is 13.3 Å². The fraction of sp³-hybridized carbons (Fsp3) is 0.706. The average Bonchev–Trinajstić information content (AvgIpc) is 2.59. The molecule has 1 atom stereocenters. The lowest BCUT2D eigenvalue weighted by atomic mass is 9.97. The predicted molar refractivity (Wildman–Crippen MR) is 94.5 cm³/mol. The molecule has 0 bridgehead atoms. The number of hydrogen-bond donors (Lipinski definition) is 1. The number of aromatic nitrogens is 2. The van der Waals surface area contributed by atoms with Crippen molar-refractivity contribution in [2.45, 2.75) is 46.1 Å². The Labute approximate surface area is 142 Å². The van der Waals surface area contributed by atoms with Crippen LogP contribution >= 0.6 is 0 Å². The van der Waals surface area contributed by atoms with Gasteiger partial charge in [0.05, 0.1) is 5.92 Å². The van der Waals surface area contributed by atoms with Gasteiger partial charge in [-0.05, 0) is 26.2 Å². The topological polar surface area (TPSA) is 76.3 Å². The van der Waals surface area contributed by atoms with E-state index in [2.05, 4.69) is 12.2 Å². The van der Waals surface area contributed by atoms with Crippen molar-refractivity contribution >= 4 is 11.7 Å². The molecule has 0 saturated carbocycles. The Morgan fingerprint density at radius 3 is 2.75 bits per heavy atom. The quantitative estimate of drug-likeness (QED) is 0.776. The number of amides is 1. The van der Waals surface area contributed by atoms with Gasteiger partial charge in [-0.2, -0.15) is 0 Å². The van der Waals surface area contributed by atoms with Gasteiger partial charge in [0.1, 0.15) is 5.82 Å². The Balaban J connectivity index is 2.19. The number of anilines is 1. The molecule has 1 unspecified atom stereocenters. The SMILES string of the molecule is CCCCNC(=O)C1CCCN(c2cc(=O)n(C)c(=O)n2CC)C1. The van der Waals surface area contributed by atoms with Crippen LogP contribution in [0.1, 0.15) is 39.5 Å². The van der Waals surface area contributed by atoms with Gasteiger partial charge in [-0.15, -0.1) is 0 Å². The Hall–Kier alpha value is -2.05. The van der Waals surface area contributed by atoms with Crippen LogP contribution in [-0.2, 0) is 18.4 Å². The van der Waals surface area contributed by atoms with Gasteiger partial charge in [0.2, 0.25) is 5.91 Å². The smallest absolute Gasteiger partial charge is 0.332 e. The van der Waals surface area contributed by atoms with E-state index in [9.17, 15) is 14.4 Å². The molecule has 24 heavy (non-hydrogen) atoms. The lowest BCUT2D eigenvalue weighted by molar-refractivity contribution is -0.125. The molecule has 1 aliphatic heterocycles. The van der Waals surface area contributed by atoms with Crippen molar-refractivity contribution in [2.24, 2.45) is 13.0 Å². The fourth-order valence-electron chi connectivity index (χ4n) is 3.15. The fourth-order valence-corrected chi connectivity index (χ4v) is 3.15. The normalized spacial score (nSPS) is 17.8. The number of unbranched alkanes of at least 4 members (excludes halogenated alkanes) is 1. The highest BCUT2D eigenvalue weighted by Crippen LogP contribution is 2.21. The van der Waals surface area contributed by atoms with Crippen LogP contribution in [0.15, 0.2) is 15.7 Å². The van der Waals surface area contributed by atoms with Gasteiger partial charge >= 0.3 is 5.69 Å². The maximum absolute atomic E-state index is 12.3. The summed E-state index contributed by atoms with van der Waals surface area (Å²) in [7, 11) is 1.49. The van der Waals surface area contributed by atoms with Crippen molar-refractivity contribution in [3.05, 3.63) is 26.9 Å². The van der Waals surface area contributed by atoms with E-state index < -0.39 is 0 Å². The van der Waals surface area contributed by atoms with Crippen LogP contribution in [0.5, 0.6) is 0 Å². The third-order valence-electron chi connectivity index (χ3n) is 4.64. The molecule has 0 aliphatic carbocycles. The zero-order chi connectivity index (χ0) is 17.7. The number of rotatable bonds is 6. The van der Waals surface area contributed by atoms with E-state index in [0.29, 0.717) is 25.5 Å². The first kappa shape index (κ1) is 18.3. The van der Waals surface area contributed by atoms with Crippen LogP contribution in [0.3, 0.4) is 0 Å². The summed E-state index contributed by atoms with van der Waals surface area (Å²) in [4.78, 5) is 38.6. The Bertz CT molecular complexity index is 692. The summed E-state index contributed by atoms with van der Waals surface area (Å²) in [6, 6.07) is 1.50. The monoisotopic (exact) mass is 336 g/mol. The molecule has 2 heterocycles. The van der Waals surface area contributed by atoms with Gasteiger partial charge in [-0.3, -0.25) is 18.7 Å². The molecule has 2 rings (SSSR count). The van der Waals surface area contributed by atoms with Crippen LogP contribution in [0.4, 0.5) is 5.82 Å². The largest absolute Gasteiger partial charge is 0.357 e. The molecule has 0 radical (unpaired) electrons. The van der Waals surface area contributed by atoms with Crippen LogP contribution in [0.25, 0.3) is 0 Å². The molecule has 7 nitrogen and oxygen atoms in total. The van der Waals surface area contributed by atoms with Gasteiger partial charge in [0.15, 0.2) is 0 Å². The van der Waals surface area contributed by atoms with Gasteiger partial charge in [0, 0.05) is 39.3 Å². The van der Waals surface area contributed by atoms with Crippen LogP contribution < -0.4 is 21.5 Å². The Kier molecular flexibility index (Phi) is 6.23. The van der Waals surface area contributed by atoms with Crippen molar-refractivity contribution in [2.75, 3.05) is 24.5 Å². The van der Waals surface area contributed by atoms with Crippen molar-refractivity contribution in [1.29, 1.82) is 0 Å². The zero-order valence-corrected chi connectivity index (χ0v) is 14.9. The number of carbonyl (C=O) groups excluding carboxylic acids is 1. The van der Waals surface area contributed by atoms with Gasteiger partial charge in [0.25, 0.3) is 5.56 Å². The standard InChI is InChI=1S/C17H28N4O3/c1-4-6-9-18-16(23)13-8-7-10-20(12-13)14-11-15(22)19(3)17(24)21(14)5-2/h11,13H,4-10,12H2,1-3H3,(H,18,23). The number of hydrogen-bond acceptors (Lipinski definition) is 4. The number of nitrogens with zero attached hydrogens (tertiary/aromatic N) is 3. The molecule has 7 heteroatoms. The second kappa shape index (κ2) is 8.17. The van der Waals surface area contributed by atoms with E-state index in [1.165, 1.54) is 13.1 Å². The summed E-state index contributed by atoms with van der Waals surface area (Å²) in [6.45, 7) is 6.47. The van der Waals surface area contributed by atoms with Gasteiger partial charge in [-0.25, -0.2) is 4.79 Å². The third-order valence-corrected chi connectivity index (χ3v) is 4.64. The second-order valence-corrected chi connectivity index (χ2v) is 6.36. The second-order valence-electron chi connectivity index (χ2n) is 6.36. The first-order chi connectivity index (χ1) is 11.5. The van der Waals surface area contributed by atoms with Gasteiger partial charge < -0.3 is 10.2 Å². The molecule has 0 aromatic carbocycles. The summed E-state index contributed by atoms with van der Waals surface area (Å²) in [5.41, 5.74) is -0.622. The lowest BCUT2D eigenvalue weighted by Gasteiger charge is -2.34. The molecule has 1 fully saturated rings. The number of piperidine rings is 1. The number of carbonyl (C=O) groups is 1. The molecule has 1 aromatic rings. The Morgan fingerprint density at radius 1 is 1.33 bits per heavy atom. The van der Waals surface area contributed by atoms with Crippen LogP contribution in [-0.4, -0.2) is 34.7 Å². The molecule has 0 spiro atoms. The lowest BCUT2D eigenvalue weighted by Crippen LogP contribution is -2.47. The highest BCUT2D eigenvalue weighted by atomic mass is 16.2. The average molecular weight is 336 g/mol. The summed E-state index contributed by atoms with van der Waals surface area (Å²) in [6.07, 6.45) is 3.74. The summed E-state index contributed by atoms with van der Waals surface area (Å²) < 4.78 is 2.71. The van der Waals surface area contributed by atoms with Crippen LogP contribution in [0, 0.1) is 5.92 Å². The van der Waals surface area contributed by atoms with Crippen molar-refractivity contribution in [3.63, 3.8) is 0 Å². The van der Waals surface area contributed by atoms with E-state index >= 15 is 0 Å². The molecule has 1 saturated heterocycles. The van der Waals surface area contributed by atoms with Crippen molar-refractivity contribution < 1.29 is 4.79 Å². The Morgan fingerprint density at radius 2 is 2.08 bits per heavy atom. The predicted octanol–water partition coefficient (Wildman–Crippen LogP) is 0.700. The molecule has 1 N–H and O–H groups in total. The first-order valence-corrected chi connectivity index (χ1v) is 8.83.